The van der Waals surface area contributed by atoms with Gasteiger partial charge in [-0.1, -0.05) is 40.9 Å². The number of pyridine rings is 2. The molecule has 0 aliphatic heterocycles. The first-order chi connectivity index (χ1) is 12.3. The van der Waals surface area contributed by atoms with Gasteiger partial charge in [-0.05, 0) is 19.1 Å². The van der Waals surface area contributed by atoms with Crippen LogP contribution in [-0.4, -0.2) is 32.5 Å². The highest BCUT2D eigenvalue weighted by Crippen LogP contribution is 2.34. The van der Waals surface area contributed by atoms with Crippen molar-refractivity contribution >= 4 is 45.7 Å². The van der Waals surface area contributed by atoms with Gasteiger partial charge < -0.3 is 14.8 Å². The molecule has 1 atom stereocenters. The second-order valence-corrected chi connectivity index (χ2v) is 7.09. The Hall–Kier alpha value is -1.63. The van der Waals surface area contributed by atoms with Crippen LogP contribution in [0.4, 0.5) is 0 Å². The maximum Gasteiger partial charge on any atom is 0.191 e. The van der Waals surface area contributed by atoms with Gasteiger partial charge in [0.2, 0.25) is 0 Å². The van der Waals surface area contributed by atoms with Crippen LogP contribution in [0, 0.1) is 6.92 Å². The number of aromatic nitrogens is 2. The average Bonchev–Trinajstić information content (AvgIpc) is 2.59. The Bertz CT molecular complexity index is 1030. The summed E-state index contributed by atoms with van der Waals surface area (Å²) in [6.45, 7) is 1.31. The zero-order valence-electron chi connectivity index (χ0n) is 13.7. The van der Waals surface area contributed by atoms with E-state index in [1.165, 1.54) is 12.3 Å². The molecule has 0 aliphatic rings. The molecule has 0 radical (unpaired) electrons. The van der Waals surface area contributed by atoms with Gasteiger partial charge >= 0.3 is 0 Å². The maximum absolute atomic E-state index is 12.7. The molecule has 3 aromatic rings. The molecule has 26 heavy (non-hydrogen) atoms. The van der Waals surface area contributed by atoms with E-state index in [9.17, 15) is 9.90 Å². The minimum Gasteiger partial charge on any atom is -0.394 e. The minimum absolute atomic E-state index is 0.0126. The Kier molecular flexibility index (Phi) is 5.55. The van der Waals surface area contributed by atoms with E-state index >= 15 is 0 Å². The number of nitrogens with zero attached hydrogens (tertiary/aromatic N) is 2. The van der Waals surface area contributed by atoms with Gasteiger partial charge in [0.25, 0.3) is 0 Å². The van der Waals surface area contributed by atoms with Gasteiger partial charge in [0.1, 0.15) is 0 Å². The fourth-order valence-electron chi connectivity index (χ4n) is 2.93. The second-order valence-electron chi connectivity index (χ2n) is 5.87. The summed E-state index contributed by atoms with van der Waals surface area (Å²) in [5, 5.41) is 20.2. The second kappa shape index (κ2) is 7.55. The first-order valence-electron chi connectivity index (χ1n) is 7.78. The molecule has 0 fully saturated rings. The lowest BCUT2D eigenvalue weighted by Gasteiger charge is -2.19. The van der Waals surface area contributed by atoms with Crippen molar-refractivity contribution in [3.63, 3.8) is 0 Å². The first-order valence-corrected chi connectivity index (χ1v) is 8.91. The van der Waals surface area contributed by atoms with Gasteiger partial charge in [0, 0.05) is 24.4 Å². The summed E-state index contributed by atoms with van der Waals surface area (Å²) in [6.07, 6.45) is 0.382. The number of aryl methyl sites for hydroxylation is 1. The van der Waals surface area contributed by atoms with Gasteiger partial charge in [0.15, 0.2) is 5.43 Å². The lowest BCUT2D eigenvalue weighted by atomic mass is 10.1. The largest absolute Gasteiger partial charge is 0.394 e. The van der Waals surface area contributed by atoms with Crippen LogP contribution >= 0.6 is 34.8 Å². The van der Waals surface area contributed by atoms with E-state index in [4.69, 9.17) is 39.9 Å². The van der Waals surface area contributed by atoms with E-state index in [0.29, 0.717) is 32.6 Å². The lowest BCUT2D eigenvalue weighted by molar-refractivity contribution is 0.0950. The summed E-state index contributed by atoms with van der Waals surface area (Å²) >= 11 is 19.1. The molecule has 5 nitrogen and oxygen atoms in total. The number of fused-ring (bicyclic) bond motifs is 1. The molecule has 2 N–H and O–H groups in total. The van der Waals surface area contributed by atoms with Crippen molar-refractivity contribution in [3.05, 3.63) is 67.1 Å². The van der Waals surface area contributed by atoms with Crippen LogP contribution in [-0.2, 0) is 6.42 Å². The van der Waals surface area contributed by atoms with Crippen LogP contribution in [0.3, 0.4) is 0 Å². The van der Waals surface area contributed by atoms with Crippen molar-refractivity contribution < 1.29 is 10.2 Å². The molecular formula is C18H15Cl3N2O3. The number of rotatable bonds is 4. The van der Waals surface area contributed by atoms with E-state index < -0.39 is 12.7 Å². The number of aliphatic hydroxyl groups is 2. The molecule has 0 spiro atoms. The van der Waals surface area contributed by atoms with Crippen molar-refractivity contribution in [2.45, 2.75) is 19.4 Å². The van der Waals surface area contributed by atoms with Crippen LogP contribution in [0.5, 0.6) is 0 Å². The molecule has 2 heterocycles. The molecule has 0 saturated heterocycles. The number of hydrogen-bond donors (Lipinski definition) is 2. The van der Waals surface area contributed by atoms with E-state index in [1.807, 2.05) is 0 Å². The van der Waals surface area contributed by atoms with Crippen molar-refractivity contribution in [2.24, 2.45) is 0 Å². The van der Waals surface area contributed by atoms with E-state index in [0.717, 1.165) is 0 Å². The monoisotopic (exact) mass is 412 g/mol. The van der Waals surface area contributed by atoms with Crippen LogP contribution in [0.15, 0.2) is 35.3 Å². The van der Waals surface area contributed by atoms with Crippen LogP contribution in [0.1, 0.15) is 11.4 Å². The molecule has 1 aromatic carbocycles. The molecule has 1 unspecified atom stereocenters. The summed E-state index contributed by atoms with van der Waals surface area (Å²) in [5.41, 5.74) is 1.56. The predicted octanol–water partition coefficient (Wildman–Crippen LogP) is 3.55. The minimum atomic E-state index is -1.04. The van der Waals surface area contributed by atoms with Crippen molar-refractivity contribution in [1.29, 1.82) is 0 Å². The number of halogens is 3. The third kappa shape index (κ3) is 3.33. The standard InChI is InChI=1S/C18H15Cl3N2O3/c1-9-5-15(26)16-14(6-10(25)8-24)22-7-13(21)18(16)23(9)17-11(19)3-2-4-12(17)20/h2-5,7,10,24-25H,6,8H2,1H3. The molecule has 0 aliphatic carbocycles. The number of para-hydroxylation sites is 1. The number of aliphatic hydroxyl groups excluding tert-OH is 2. The molecular weight excluding hydrogens is 399 g/mol. The smallest absolute Gasteiger partial charge is 0.191 e. The highest BCUT2D eigenvalue weighted by Gasteiger charge is 2.20. The van der Waals surface area contributed by atoms with Gasteiger partial charge in [-0.15, -0.1) is 0 Å². The highest BCUT2D eigenvalue weighted by atomic mass is 35.5. The van der Waals surface area contributed by atoms with E-state index in [-0.39, 0.29) is 22.3 Å². The summed E-state index contributed by atoms with van der Waals surface area (Å²) in [6, 6.07) is 6.55. The molecule has 0 amide bonds. The van der Waals surface area contributed by atoms with Crippen molar-refractivity contribution in [1.82, 2.24) is 9.55 Å². The Morgan fingerprint density at radius 2 is 1.85 bits per heavy atom. The molecule has 3 rings (SSSR count). The third-order valence-electron chi connectivity index (χ3n) is 4.05. The van der Waals surface area contributed by atoms with Crippen LogP contribution in [0.2, 0.25) is 15.1 Å². The van der Waals surface area contributed by atoms with Crippen LogP contribution < -0.4 is 5.43 Å². The normalized spacial score (nSPS) is 12.5. The Morgan fingerprint density at radius 3 is 2.46 bits per heavy atom. The fourth-order valence-corrected chi connectivity index (χ4v) is 3.72. The molecule has 0 bridgehead atoms. The summed E-state index contributed by atoms with van der Waals surface area (Å²) in [4.78, 5) is 16.9. The van der Waals surface area contributed by atoms with Gasteiger partial charge in [-0.25, -0.2) is 0 Å². The fraction of sp³-hybridized carbons (Fsp3) is 0.222. The SMILES string of the molecule is Cc1cc(=O)c2c(CC(O)CO)ncc(Cl)c2n1-c1c(Cl)cccc1Cl. The zero-order chi connectivity index (χ0) is 19.0. The molecule has 8 heteroatoms. The Balaban J connectivity index is 2.45. The van der Waals surface area contributed by atoms with Crippen molar-refractivity contribution in [2.75, 3.05) is 6.61 Å². The third-order valence-corrected chi connectivity index (χ3v) is 4.94. The zero-order valence-corrected chi connectivity index (χ0v) is 16.0. The first kappa shape index (κ1) is 19.1. The van der Waals surface area contributed by atoms with Gasteiger partial charge in [-0.3, -0.25) is 9.78 Å². The molecule has 2 aromatic heterocycles. The quantitative estimate of drug-likeness (QED) is 0.686. The van der Waals surface area contributed by atoms with Crippen molar-refractivity contribution in [3.8, 4) is 5.69 Å². The maximum atomic E-state index is 12.7. The predicted molar refractivity (Wildman–Crippen MR) is 104 cm³/mol. The van der Waals surface area contributed by atoms with E-state index in [2.05, 4.69) is 4.98 Å². The van der Waals surface area contributed by atoms with E-state index in [1.54, 1.807) is 29.7 Å². The highest BCUT2D eigenvalue weighted by molar-refractivity contribution is 6.38. The molecule has 136 valence electrons. The summed E-state index contributed by atoms with van der Waals surface area (Å²) < 4.78 is 1.71. The van der Waals surface area contributed by atoms with Gasteiger partial charge in [0.05, 0.1) is 50.1 Å². The van der Waals surface area contributed by atoms with Crippen LogP contribution in [0.25, 0.3) is 16.6 Å². The summed E-state index contributed by atoms with van der Waals surface area (Å²) in [7, 11) is 0. The topological polar surface area (TPSA) is 75.3 Å². The Labute approximate surface area is 164 Å². The summed E-state index contributed by atoms with van der Waals surface area (Å²) in [5.74, 6) is 0. The van der Waals surface area contributed by atoms with Gasteiger partial charge in [-0.2, -0.15) is 0 Å². The molecule has 0 saturated carbocycles. The number of benzene rings is 1. The number of hydrogen-bond acceptors (Lipinski definition) is 4. The Morgan fingerprint density at radius 1 is 1.19 bits per heavy atom. The average molecular weight is 414 g/mol. The lowest BCUT2D eigenvalue weighted by Crippen LogP contribution is -2.20.